The van der Waals surface area contributed by atoms with Gasteiger partial charge in [-0.3, -0.25) is 4.57 Å². The summed E-state index contributed by atoms with van der Waals surface area (Å²) in [6.45, 7) is 3.29. The fraction of sp³-hybridized carbons (Fsp3) is 0.429. The van der Waals surface area contributed by atoms with Crippen molar-refractivity contribution in [3.8, 4) is 5.75 Å². The summed E-state index contributed by atoms with van der Waals surface area (Å²) in [5.74, 6) is 0.808. The molecular formula is C14H20N4O2. The highest BCUT2D eigenvalue weighted by Gasteiger charge is 2.17. The highest BCUT2D eigenvalue weighted by atomic mass is 16.5. The predicted molar refractivity (Wildman–Crippen MR) is 76.9 cm³/mol. The number of para-hydroxylation sites is 1. The molecule has 1 N–H and O–H groups in total. The number of aryl methyl sites for hydroxylation is 1. The van der Waals surface area contributed by atoms with Crippen LogP contribution in [0.1, 0.15) is 18.5 Å². The molecule has 0 bridgehead atoms. The van der Waals surface area contributed by atoms with Crippen molar-refractivity contribution >= 4 is 0 Å². The summed E-state index contributed by atoms with van der Waals surface area (Å²) in [6, 6.07) is 7.78. The van der Waals surface area contributed by atoms with Gasteiger partial charge in [0.05, 0.1) is 19.7 Å². The molecule has 0 radical (unpaired) electrons. The van der Waals surface area contributed by atoms with E-state index >= 15 is 0 Å². The van der Waals surface area contributed by atoms with E-state index in [0.717, 1.165) is 17.9 Å². The topological polar surface area (TPSA) is 61.1 Å². The van der Waals surface area contributed by atoms with Gasteiger partial charge in [-0.05, 0) is 12.6 Å². The molecule has 0 aliphatic heterocycles. The van der Waals surface area contributed by atoms with E-state index in [2.05, 4.69) is 10.4 Å². The second kappa shape index (κ2) is 6.38. The summed E-state index contributed by atoms with van der Waals surface area (Å²) in [7, 11) is 3.34. The Hall–Kier alpha value is -2.08. The number of hydrogen-bond acceptors (Lipinski definition) is 4. The van der Waals surface area contributed by atoms with Gasteiger partial charge < -0.3 is 10.1 Å². The smallest absolute Gasteiger partial charge is 0.345 e. The molecule has 1 heterocycles. The Balaban J connectivity index is 2.31. The summed E-state index contributed by atoms with van der Waals surface area (Å²) < 4.78 is 8.31. The number of likely N-dealkylation sites (N-methyl/N-ethyl adjacent to an activating group) is 1. The zero-order valence-electron chi connectivity index (χ0n) is 12.0. The highest BCUT2D eigenvalue weighted by Crippen LogP contribution is 2.25. The summed E-state index contributed by atoms with van der Waals surface area (Å²) in [5.41, 5.74) is 0.900. The standard InChI is InChI=1S/C14H20N4O2/c1-4-15-12(9-18-14(19)17(2)10-16-18)11-7-5-6-8-13(11)20-3/h5-8,10,12,15H,4,9H2,1-3H3. The van der Waals surface area contributed by atoms with Gasteiger partial charge >= 0.3 is 5.69 Å². The van der Waals surface area contributed by atoms with Gasteiger partial charge in [0.2, 0.25) is 0 Å². The lowest BCUT2D eigenvalue weighted by Crippen LogP contribution is -2.31. The SMILES string of the molecule is CCNC(Cn1ncn(C)c1=O)c1ccccc1OC. The normalized spacial score (nSPS) is 12.3. The Kier molecular flexibility index (Phi) is 4.57. The molecule has 6 heteroatoms. The van der Waals surface area contributed by atoms with E-state index in [1.54, 1.807) is 14.2 Å². The van der Waals surface area contributed by atoms with Crippen LogP contribution in [0.15, 0.2) is 35.4 Å². The quantitative estimate of drug-likeness (QED) is 0.853. The first-order chi connectivity index (χ1) is 9.67. The number of rotatable bonds is 6. The average Bonchev–Trinajstić information content (AvgIpc) is 2.78. The lowest BCUT2D eigenvalue weighted by molar-refractivity contribution is 0.383. The Morgan fingerprint density at radius 3 is 2.75 bits per heavy atom. The zero-order valence-corrected chi connectivity index (χ0v) is 12.0. The van der Waals surface area contributed by atoms with E-state index in [-0.39, 0.29) is 11.7 Å². The highest BCUT2D eigenvalue weighted by molar-refractivity contribution is 5.35. The first kappa shape index (κ1) is 14.3. The van der Waals surface area contributed by atoms with Gasteiger partial charge in [0, 0.05) is 12.6 Å². The first-order valence-corrected chi connectivity index (χ1v) is 6.62. The molecular weight excluding hydrogens is 256 g/mol. The second-order valence-electron chi connectivity index (χ2n) is 4.56. The maximum atomic E-state index is 11.9. The minimum Gasteiger partial charge on any atom is -0.496 e. The molecule has 108 valence electrons. The van der Waals surface area contributed by atoms with Gasteiger partial charge in [0.25, 0.3) is 0 Å². The number of aromatic nitrogens is 3. The van der Waals surface area contributed by atoms with Crippen LogP contribution in [0.4, 0.5) is 0 Å². The van der Waals surface area contributed by atoms with Crippen molar-refractivity contribution in [2.75, 3.05) is 13.7 Å². The van der Waals surface area contributed by atoms with Gasteiger partial charge in [-0.1, -0.05) is 25.1 Å². The minimum atomic E-state index is -0.122. The number of nitrogens with one attached hydrogen (secondary N) is 1. The molecule has 0 saturated carbocycles. The Labute approximate surface area is 118 Å². The van der Waals surface area contributed by atoms with E-state index in [9.17, 15) is 4.79 Å². The second-order valence-corrected chi connectivity index (χ2v) is 4.56. The molecule has 0 spiro atoms. The van der Waals surface area contributed by atoms with Crippen molar-refractivity contribution in [3.05, 3.63) is 46.6 Å². The van der Waals surface area contributed by atoms with Crippen molar-refractivity contribution < 1.29 is 4.74 Å². The Bertz CT molecular complexity index is 618. The number of hydrogen-bond donors (Lipinski definition) is 1. The van der Waals surface area contributed by atoms with Crippen LogP contribution in [0.5, 0.6) is 5.75 Å². The fourth-order valence-electron chi connectivity index (χ4n) is 2.19. The zero-order chi connectivity index (χ0) is 14.5. The first-order valence-electron chi connectivity index (χ1n) is 6.62. The number of benzene rings is 1. The minimum absolute atomic E-state index is 0.0243. The van der Waals surface area contributed by atoms with Crippen LogP contribution in [0.25, 0.3) is 0 Å². The molecule has 2 rings (SSSR count). The molecule has 1 aromatic heterocycles. The Morgan fingerprint density at radius 1 is 1.40 bits per heavy atom. The molecule has 0 amide bonds. The molecule has 0 saturated heterocycles. The number of methoxy groups -OCH3 is 1. The van der Waals surface area contributed by atoms with E-state index in [1.807, 2.05) is 31.2 Å². The molecule has 1 atom stereocenters. The van der Waals surface area contributed by atoms with E-state index in [1.165, 1.54) is 15.6 Å². The molecule has 0 aliphatic rings. The van der Waals surface area contributed by atoms with Crippen LogP contribution in [0.2, 0.25) is 0 Å². The third-order valence-electron chi connectivity index (χ3n) is 3.21. The molecule has 6 nitrogen and oxygen atoms in total. The van der Waals surface area contributed by atoms with Gasteiger partial charge in [0.15, 0.2) is 0 Å². The van der Waals surface area contributed by atoms with E-state index in [0.29, 0.717) is 6.54 Å². The van der Waals surface area contributed by atoms with E-state index in [4.69, 9.17) is 4.74 Å². The van der Waals surface area contributed by atoms with Gasteiger partial charge in [-0.25, -0.2) is 9.48 Å². The maximum Gasteiger partial charge on any atom is 0.345 e. The summed E-state index contributed by atoms with van der Waals surface area (Å²) in [6.07, 6.45) is 1.52. The number of ether oxygens (including phenoxy) is 1. The third-order valence-corrected chi connectivity index (χ3v) is 3.21. The van der Waals surface area contributed by atoms with Crippen LogP contribution >= 0.6 is 0 Å². The van der Waals surface area contributed by atoms with Crippen molar-refractivity contribution in [3.63, 3.8) is 0 Å². The van der Waals surface area contributed by atoms with Crippen molar-refractivity contribution in [1.82, 2.24) is 19.7 Å². The van der Waals surface area contributed by atoms with Gasteiger partial charge in [-0.15, -0.1) is 0 Å². The molecule has 0 fully saturated rings. The maximum absolute atomic E-state index is 11.9. The molecule has 0 aliphatic carbocycles. The van der Waals surface area contributed by atoms with Gasteiger partial charge in [0.1, 0.15) is 12.1 Å². The van der Waals surface area contributed by atoms with Crippen LogP contribution in [-0.4, -0.2) is 28.0 Å². The van der Waals surface area contributed by atoms with Crippen molar-refractivity contribution in [2.45, 2.75) is 19.5 Å². The Morgan fingerprint density at radius 2 is 2.15 bits per heavy atom. The fourth-order valence-corrected chi connectivity index (χ4v) is 2.19. The molecule has 1 unspecified atom stereocenters. The summed E-state index contributed by atoms with van der Waals surface area (Å²) in [4.78, 5) is 11.9. The monoisotopic (exact) mass is 276 g/mol. The number of nitrogens with zero attached hydrogens (tertiary/aromatic N) is 3. The van der Waals surface area contributed by atoms with Crippen molar-refractivity contribution in [1.29, 1.82) is 0 Å². The van der Waals surface area contributed by atoms with Crippen LogP contribution in [0.3, 0.4) is 0 Å². The third kappa shape index (κ3) is 2.91. The van der Waals surface area contributed by atoms with E-state index < -0.39 is 0 Å². The van der Waals surface area contributed by atoms with Crippen LogP contribution < -0.4 is 15.7 Å². The predicted octanol–water partition coefficient (Wildman–Crippen LogP) is 0.941. The molecule has 2 aromatic rings. The largest absolute Gasteiger partial charge is 0.496 e. The van der Waals surface area contributed by atoms with Crippen molar-refractivity contribution in [2.24, 2.45) is 7.05 Å². The lowest BCUT2D eigenvalue weighted by atomic mass is 10.1. The van der Waals surface area contributed by atoms with Crippen LogP contribution in [0, 0.1) is 0 Å². The van der Waals surface area contributed by atoms with Crippen LogP contribution in [-0.2, 0) is 13.6 Å². The molecule has 20 heavy (non-hydrogen) atoms. The average molecular weight is 276 g/mol. The summed E-state index contributed by atoms with van der Waals surface area (Å²) >= 11 is 0. The molecule has 1 aromatic carbocycles. The summed E-state index contributed by atoms with van der Waals surface area (Å²) in [5, 5.41) is 7.47. The lowest BCUT2D eigenvalue weighted by Gasteiger charge is -2.20. The van der Waals surface area contributed by atoms with Gasteiger partial charge in [-0.2, -0.15) is 5.10 Å².